The number of nitrogens with zero attached hydrogens (tertiary/aromatic N) is 2. The molecular formula is C22H24ClFN2O3S. The van der Waals surface area contributed by atoms with Gasteiger partial charge in [-0.3, -0.25) is 4.79 Å². The fourth-order valence-electron chi connectivity index (χ4n) is 4.41. The largest absolute Gasteiger partial charge is 0.335 e. The minimum absolute atomic E-state index is 0.0159. The number of carbonyl (C=O) groups is 1. The van der Waals surface area contributed by atoms with Crippen molar-refractivity contribution in [3.63, 3.8) is 0 Å². The molecule has 0 aliphatic carbocycles. The number of likely N-dealkylation sites (tertiary alicyclic amines) is 1. The second-order valence-corrected chi connectivity index (χ2v) is 10.3. The van der Waals surface area contributed by atoms with Crippen molar-refractivity contribution in [2.45, 2.75) is 36.6 Å². The van der Waals surface area contributed by atoms with Crippen molar-refractivity contribution in [1.82, 2.24) is 9.21 Å². The van der Waals surface area contributed by atoms with E-state index in [-0.39, 0.29) is 35.1 Å². The number of amides is 1. The molecule has 0 saturated carbocycles. The zero-order valence-electron chi connectivity index (χ0n) is 16.5. The van der Waals surface area contributed by atoms with Gasteiger partial charge in [-0.1, -0.05) is 23.7 Å². The zero-order chi connectivity index (χ0) is 21.3. The molecule has 30 heavy (non-hydrogen) atoms. The van der Waals surface area contributed by atoms with E-state index >= 15 is 0 Å². The van der Waals surface area contributed by atoms with Crippen LogP contribution in [0, 0.1) is 11.7 Å². The molecule has 2 unspecified atom stereocenters. The first kappa shape index (κ1) is 21.3. The average Bonchev–Trinajstić information content (AvgIpc) is 3.24. The van der Waals surface area contributed by atoms with Crippen molar-refractivity contribution in [3.05, 3.63) is 64.9 Å². The average molecular weight is 451 g/mol. The van der Waals surface area contributed by atoms with Crippen LogP contribution in [0.3, 0.4) is 0 Å². The molecule has 160 valence electrons. The van der Waals surface area contributed by atoms with Crippen LogP contribution in [0.25, 0.3) is 0 Å². The second kappa shape index (κ2) is 8.65. The molecule has 0 aromatic heterocycles. The quantitative estimate of drug-likeness (QED) is 0.699. The molecule has 8 heteroatoms. The summed E-state index contributed by atoms with van der Waals surface area (Å²) in [7, 11) is -3.68. The van der Waals surface area contributed by atoms with Crippen LogP contribution in [0.2, 0.25) is 5.02 Å². The molecule has 0 bridgehead atoms. The summed E-state index contributed by atoms with van der Waals surface area (Å²) in [5, 5.41) is 0.474. The smallest absolute Gasteiger partial charge is 0.243 e. The third-order valence-electron chi connectivity index (χ3n) is 5.98. The standard InChI is InChI=1S/C22H24ClFN2O3S/c23-18-7-11-20(12-8-18)30(28,29)25-13-1-3-17(15-25)22(27)26-14-2-4-21(26)16-5-9-19(24)10-6-16/h5-12,17,21H,1-4,13-15H2. The van der Waals surface area contributed by atoms with E-state index in [1.165, 1.54) is 28.6 Å². The Hall–Kier alpha value is -1.96. The number of benzene rings is 2. The molecule has 2 fully saturated rings. The fourth-order valence-corrected chi connectivity index (χ4v) is 6.06. The van der Waals surface area contributed by atoms with Gasteiger partial charge in [0, 0.05) is 24.7 Å². The Labute approximate surface area is 181 Å². The van der Waals surface area contributed by atoms with Crippen LogP contribution in [0.1, 0.15) is 37.3 Å². The summed E-state index contributed by atoms with van der Waals surface area (Å²) in [6, 6.07) is 12.3. The summed E-state index contributed by atoms with van der Waals surface area (Å²) in [6.45, 7) is 1.22. The number of rotatable bonds is 4. The fraction of sp³-hybridized carbons (Fsp3) is 0.409. The van der Waals surface area contributed by atoms with E-state index in [4.69, 9.17) is 11.6 Å². The Morgan fingerprint density at radius 2 is 1.63 bits per heavy atom. The molecule has 2 aliphatic heterocycles. The molecule has 0 spiro atoms. The summed E-state index contributed by atoms with van der Waals surface area (Å²) in [6.07, 6.45) is 3.01. The number of hydrogen-bond donors (Lipinski definition) is 0. The van der Waals surface area contributed by atoms with Crippen LogP contribution in [-0.2, 0) is 14.8 Å². The van der Waals surface area contributed by atoms with E-state index in [0.29, 0.717) is 31.0 Å². The minimum atomic E-state index is -3.68. The highest BCUT2D eigenvalue weighted by Crippen LogP contribution is 2.35. The molecule has 2 saturated heterocycles. The van der Waals surface area contributed by atoms with E-state index in [2.05, 4.69) is 0 Å². The van der Waals surface area contributed by atoms with Gasteiger partial charge in [-0.2, -0.15) is 4.31 Å². The molecule has 1 amide bonds. The molecule has 2 aliphatic rings. The first-order valence-electron chi connectivity index (χ1n) is 10.2. The lowest BCUT2D eigenvalue weighted by molar-refractivity contribution is -0.137. The van der Waals surface area contributed by atoms with Gasteiger partial charge in [-0.25, -0.2) is 12.8 Å². The molecule has 5 nitrogen and oxygen atoms in total. The molecular weight excluding hydrogens is 427 g/mol. The first-order valence-corrected chi connectivity index (χ1v) is 12.0. The van der Waals surface area contributed by atoms with Crippen molar-refractivity contribution >= 4 is 27.5 Å². The monoisotopic (exact) mass is 450 g/mol. The lowest BCUT2D eigenvalue weighted by Gasteiger charge is -2.35. The van der Waals surface area contributed by atoms with Gasteiger partial charge in [0.15, 0.2) is 0 Å². The number of hydrogen-bond acceptors (Lipinski definition) is 3. The van der Waals surface area contributed by atoms with Crippen molar-refractivity contribution in [3.8, 4) is 0 Å². The van der Waals surface area contributed by atoms with Crippen molar-refractivity contribution < 1.29 is 17.6 Å². The SMILES string of the molecule is O=C(C1CCCN(S(=O)(=O)c2ccc(Cl)cc2)C1)N1CCCC1c1ccc(F)cc1. The van der Waals surface area contributed by atoms with Crippen LogP contribution in [0.5, 0.6) is 0 Å². The van der Waals surface area contributed by atoms with Crippen LogP contribution in [-0.4, -0.2) is 43.2 Å². The van der Waals surface area contributed by atoms with Crippen LogP contribution in [0.4, 0.5) is 4.39 Å². The highest BCUT2D eigenvalue weighted by molar-refractivity contribution is 7.89. The molecule has 0 N–H and O–H groups in total. The molecule has 4 rings (SSSR count). The highest BCUT2D eigenvalue weighted by Gasteiger charge is 2.38. The van der Waals surface area contributed by atoms with Gasteiger partial charge >= 0.3 is 0 Å². The van der Waals surface area contributed by atoms with Crippen LogP contribution in [0.15, 0.2) is 53.4 Å². The van der Waals surface area contributed by atoms with E-state index in [1.54, 1.807) is 24.3 Å². The molecule has 2 aromatic carbocycles. The Balaban J connectivity index is 1.50. The lowest BCUT2D eigenvalue weighted by atomic mass is 9.96. The van der Waals surface area contributed by atoms with Crippen molar-refractivity contribution in [2.75, 3.05) is 19.6 Å². The Bertz CT molecular complexity index is 1010. The maximum Gasteiger partial charge on any atom is 0.243 e. The van der Waals surface area contributed by atoms with Crippen molar-refractivity contribution in [1.29, 1.82) is 0 Å². The topological polar surface area (TPSA) is 57.7 Å². The summed E-state index contributed by atoms with van der Waals surface area (Å²) in [5.74, 6) is -0.690. The zero-order valence-corrected chi connectivity index (χ0v) is 18.1. The molecule has 2 heterocycles. The van der Waals surface area contributed by atoms with E-state index < -0.39 is 10.0 Å². The van der Waals surface area contributed by atoms with E-state index in [9.17, 15) is 17.6 Å². The number of sulfonamides is 1. The Kier molecular flexibility index (Phi) is 6.14. The van der Waals surface area contributed by atoms with E-state index in [1.807, 2.05) is 4.90 Å². The van der Waals surface area contributed by atoms with E-state index in [0.717, 1.165) is 18.4 Å². The summed E-state index contributed by atoms with van der Waals surface area (Å²) < 4.78 is 40.8. The molecule has 2 aromatic rings. The summed E-state index contributed by atoms with van der Waals surface area (Å²) in [4.78, 5) is 15.3. The third kappa shape index (κ3) is 4.24. The number of carbonyl (C=O) groups excluding carboxylic acids is 1. The van der Waals surface area contributed by atoms with Gasteiger partial charge in [-0.05, 0) is 67.6 Å². The van der Waals surface area contributed by atoms with Crippen LogP contribution < -0.4 is 0 Å². The third-order valence-corrected chi connectivity index (χ3v) is 8.11. The predicted molar refractivity (Wildman–Crippen MR) is 113 cm³/mol. The van der Waals surface area contributed by atoms with Gasteiger partial charge in [0.05, 0.1) is 16.9 Å². The highest BCUT2D eigenvalue weighted by atomic mass is 35.5. The second-order valence-electron chi connectivity index (χ2n) is 7.90. The maximum absolute atomic E-state index is 13.3. The van der Waals surface area contributed by atoms with Gasteiger partial charge in [0.1, 0.15) is 5.82 Å². The van der Waals surface area contributed by atoms with Gasteiger partial charge in [0.25, 0.3) is 0 Å². The van der Waals surface area contributed by atoms with Gasteiger partial charge in [0.2, 0.25) is 15.9 Å². The first-order chi connectivity index (χ1) is 14.4. The molecule has 0 radical (unpaired) electrons. The summed E-state index contributed by atoms with van der Waals surface area (Å²) in [5.41, 5.74) is 0.920. The number of piperidine rings is 1. The van der Waals surface area contributed by atoms with Crippen LogP contribution >= 0.6 is 11.6 Å². The lowest BCUT2D eigenvalue weighted by Crippen LogP contribution is -2.46. The minimum Gasteiger partial charge on any atom is -0.335 e. The van der Waals surface area contributed by atoms with Gasteiger partial charge < -0.3 is 4.90 Å². The Morgan fingerprint density at radius 3 is 2.33 bits per heavy atom. The maximum atomic E-state index is 13.3. The van der Waals surface area contributed by atoms with Crippen molar-refractivity contribution in [2.24, 2.45) is 5.92 Å². The van der Waals surface area contributed by atoms with Gasteiger partial charge in [-0.15, -0.1) is 0 Å². The predicted octanol–water partition coefficient (Wildman–Crippen LogP) is 4.24. The molecule has 2 atom stereocenters. The number of halogens is 2. The Morgan fingerprint density at radius 1 is 0.967 bits per heavy atom. The normalized spacial score (nSPS) is 22.9. The summed E-state index contributed by atoms with van der Waals surface area (Å²) >= 11 is 5.88.